The molecular weight excluding hydrogens is 450 g/mol. The maximum atomic E-state index is 13.2. The number of hydrogen-bond donors (Lipinski definition) is 0. The number of esters is 1. The van der Waals surface area contributed by atoms with Gasteiger partial charge in [-0.1, -0.05) is 29.5 Å². The number of likely N-dealkylation sites (tertiary alicyclic amines) is 1. The minimum absolute atomic E-state index is 0.0743. The van der Waals surface area contributed by atoms with E-state index in [2.05, 4.69) is 50.9 Å². The molecule has 0 N–H and O–H groups in total. The van der Waals surface area contributed by atoms with Crippen molar-refractivity contribution in [2.75, 3.05) is 37.7 Å². The van der Waals surface area contributed by atoms with Gasteiger partial charge in [0.15, 0.2) is 5.16 Å². The van der Waals surface area contributed by atoms with Crippen LogP contribution in [0.4, 0.5) is 5.95 Å². The lowest BCUT2D eigenvalue weighted by molar-refractivity contribution is -0.151. The average Bonchev–Trinajstić information content (AvgIpc) is 3.28. The number of rotatable bonds is 7. The molecule has 9 heteroatoms. The highest BCUT2D eigenvalue weighted by molar-refractivity contribution is 8.00. The van der Waals surface area contributed by atoms with Crippen LogP contribution in [-0.4, -0.2) is 69.6 Å². The van der Waals surface area contributed by atoms with Gasteiger partial charge in [0.25, 0.3) is 0 Å². The van der Waals surface area contributed by atoms with Gasteiger partial charge in [0.1, 0.15) is 0 Å². The van der Waals surface area contributed by atoms with Gasteiger partial charge in [-0.25, -0.2) is 0 Å². The first kappa shape index (κ1) is 24.6. The number of aryl methyl sites for hydroxylation is 1. The summed E-state index contributed by atoms with van der Waals surface area (Å²) in [6, 6.07) is 8.35. The summed E-state index contributed by atoms with van der Waals surface area (Å²) in [6.45, 7) is 9.32. The highest BCUT2D eigenvalue weighted by atomic mass is 32.2. The number of aromatic nitrogens is 3. The molecule has 34 heavy (non-hydrogen) atoms. The van der Waals surface area contributed by atoms with Gasteiger partial charge in [-0.3, -0.25) is 14.2 Å². The van der Waals surface area contributed by atoms with Crippen LogP contribution in [0, 0.1) is 12.8 Å². The second kappa shape index (κ2) is 11.3. The molecule has 2 aliphatic heterocycles. The predicted molar refractivity (Wildman–Crippen MR) is 133 cm³/mol. The molecule has 0 bridgehead atoms. The van der Waals surface area contributed by atoms with E-state index in [1.165, 1.54) is 23.7 Å². The van der Waals surface area contributed by atoms with Crippen LogP contribution in [0.5, 0.6) is 0 Å². The van der Waals surface area contributed by atoms with Crippen LogP contribution in [0.25, 0.3) is 5.69 Å². The lowest BCUT2D eigenvalue weighted by atomic mass is 9.97. The van der Waals surface area contributed by atoms with E-state index >= 15 is 0 Å². The van der Waals surface area contributed by atoms with Crippen molar-refractivity contribution in [3.8, 4) is 5.69 Å². The highest BCUT2D eigenvalue weighted by Crippen LogP contribution is 2.32. The quantitative estimate of drug-likeness (QED) is 0.435. The highest BCUT2D eigenvalue weighted by Gasteiger charge is 2.31. The van der Waals surface area contributed by atoms with Crippen LogP contribution < -0.4 is 4.90 Å². The van der Waals surface area contributed by atoms with Crippen molar-refractivity contribution in [2.45, 2.75) is 63.3 Å². The van der Waals surface area contributed by atoms with Crippen LogP contribution in [0.1, 0.15) is 51.5 Å². The molecule has 0 saturated carbocycles. The Morgan fingerprint density at radius 1 is 1.06 bits per heavy atom. The number of piperidine rings is 2. The van der Waals surface area contributed by atoms with Crippen molar-refractivity contribution in [3.63, 3.8) is 0 Å². The van der Waals surface area contributed by atoms with E-state index in [4.69, 9.17) is 4.74 Å². The molecule has 184 valence electrons. The third-order valence-corrected chi connectivity index (χ3v) is 7.63. The molecule has 1 atom stereocenters. The van der Waals surface area contributed by atoms with Gasteiger partial charge < -0.3 is 14.5 Å². The van der Waals surface area contributed by atoms with Gasteiger partial charge in [0.05, 0.1) is 23.5 Å². The number of thioether (sulfide) groups is 1. The lowest BCUT2D eigenvalue weighted by Gasteiger charge is -2.32. The smallest absolute Gasteiger partial charge is 0.309 e. The van der Waals surface area contributed by atoms with E-state index in [1.807, 2.05) is 18.7 Å². The summed E-state index contributed by atoms with van der Waals surface area (Å²) in [5.74, 6) is 0.670. The largest absolute Gasteiger partial charge is 0.466 e. The number of carbonyl (C=O) groups excluding carboxylic acids is 2. The summed E-state index contributed by atoms with van der Waals surface area (Å²) in [5, 5.41) is 9.49. The van der Waals surface area contributed by atoms with Crippen LogP contribution in [0.3, 0.4) is 0 Å². The van der Waals surface area contributed by atoms with Gasteiger partial charge in [-0.05, 0) is 65.0 Å². The van der Waals surface area contributed by atoms with Gasteiger partial charge in [-0.2, -0.15) is 0 Å². The van der Waals surface area contributed by atoms with Crippen molar-refractivity contribution < 1.29 is 14.3 Å². The van der Waals surface area contributed by atoms with Crippen LogP contribution in [0.15, 0.2) is 29.4 Å². The molecule has 0 spiro atoms. The third-order valence-electron chi connectivity index (χ3n) is 6.60. The number of carbonyl (C=O) groups is 2. The minimum Gasteiger partial charge on any atom is -0.466 e. The second-order valence-corrected chi connectivity index (χ2v) is 10.4. The Balaban J connectivity index is 1.48. The van der Waals surface area contributed by atoms with Crippen LogP contribution in [0.2, 0.25) is 0 Å². The molecule has 2 fully saturated rings. The molecule has 1 amide bonds. The average molecular weight is 486 g/mol. The van der Waals surface area contributed by atoms with Gasteiger partial charge in [0, 0.05) is 26.2 Å². The Labute approximate surface area is 206 Å². The summed E-state index contributed by atoms with van der Waals surface area (Å²) in [5.41, 5.74) is 2.20. The Morgan fingerprint density at radius 3 is 2.38 bits per heavy atom. The lowest BCUT2D eigenvalue weighted by Crippen LogP contribution is -2.43. The number of ether oxygens (including phenoxy) is 1. The fourth-order valence-electron chi connectivity index (χ4n) is 4.62. The second-order valence-electron chi connectivity index (χ2n) is 9.11. The van der Waals surface area contributed by atoms with Crippen molar-refractivity contribution in [3.05, 3.63) is 29.8 Å². The number of hydrogen-bond acceptors (Lipinski definition) is 7. The summed E-state index contributed by atoms with van der Waals surface area (Å²) in [7, 11) is 0. The summed E-state index contributed by atoms with van der Waals surface area (Å²) < 4.78 is 7.24. The maximum absolute atomic E-state index is 13.2. The normalized spacial score (nSPS) is 18.1. The molecule has 3 heterocycles. The van der Waals surface area contributed by atoms with E-state index in [9.17, 15) is 9.59 Å². The molecule has 2 aliphatic rings. The topological polar surface area (TPSA) is 80.6 Å². The zero-order valence-corrected chi connectivity index (χ0v) is 21.2. The molecule has 4 rings (SSSR count). The first-order valence-electron chi connectivity index (χ1n) is 12.4. The SMILES string of the molecule is CCOC(=O)C1CCN(C(=O)[C@H](C)Sc2nnc(N3CCCCC3)n2-c2ccc(C)cc2)CC1. The number of benzene rings is 1. The molecule has 8 nitrogen and oxygen atoms in total. The molecule has 2 aromatic rings. The maximum Gasteiger partial charge on any atom is 0.309 e. The van der Waals surface area contributed by atoms with E-state index in [-0.39, 0.29) is 23.0 Å². The molecule has 1 aromatic heterocycles. The van der Waals surface area contributed by atoms with Crippen molar-refractivity contribution in [1.29, 1.82) is 0 Å². The Morgan fingerprint density at radius 2 is 1.74 bits per heavy atom. The molecule has 0 aliphatic carbocycles. The predicted octanol–water partition coefficient (Wildman–Crippen LogP) is 3.85. The summed E-state index contributed by atoms with van der Waals surface area (Å²) in [4.78, 5) is 29.4. The summed E-state index contributed by atoms with van der Waals surface area (Å²) in [6.07, 6.45) is 4.86. The van der Waals surface area contributed by atoms with Gasteiger partial charge in [0.2, 0.25) is 11.9 Å². The fourth-order valence-corrected chi connectivity index (χ4v) is 5.56. The van der Waals surface area contributed by atoms with E-state index in [0.717, 1.165) is 42.7 Å². The fraction of sp³-hybridized carbons (Fsp3) is 0.600. The van der Waals surface area contributed by atoms with Crippen molar-refractivity contribution in [1.82, 2.24) is 19.7 Å². The first-order valence-corrected chi connectivity index (χ1v) is 13.3. The Kier molecular flexibility index (Phi) is 8.13. The number of anilines is 1. The third kappa shape index (κ3) is 5.56. The van der Waals surface area contributed by atoms with E-state index in [1.54, 1.807) is 0 Å². The molecule has 0 radical (unpaired) electrons. The van der Waals surface area contributed by atoms with Gasteiger partial charge >= 0.3 is 5.97 Å². The van der Waals surface area contributed by atoms with Gasteiger partial charge in [-0.15, -0.1) is 10.2 Å². The number of nitrogens with zero attached hydrogens (tertiary/aromatic N) is 5. The van der Waals surface area contributed by atoms with Crippen LogP contribution >= 0.6 is 11.8 Å². The number of amides is 1. The molecule has 2 saturated heterocycles. The van der Waals surface area contributed by atoms with E-state index < -0.39 is 0 Å². The Bertz CT molecular complexity index is 979. The molecule has 0 unspecified atom stereocenters. The molecule has 1 aromatic carbocycles. The monoisotopic (exact) mass is 485 g/mol. The zero-order chi connectivity index (χ0) is 24.1. The zero-order valence-electron chi connectivity index (χ0n) is 20.4. The molecular formula is C25H35N5O3S. The van der Waals surface area contributed by atoms with Crippen LogP contribution in [-0.2, 0) is 14.3 Å². The summed E-state index contributed by atoms with van der Waals surface area (Å²) >= 11 is 1.45. The first-order chi connectivity index (χ1) is 16.5. The van der Waals surface area contributed by atoms with Crippen molar-refractivity contribution in [2.24, 2.45) is 5.92 Å². The minimum atomic E-state index is -0.304. The van der Waals surface area contributed by atoms with Crippen molar-refractivity contribution >= 4 is 29.6 Å². The standard InChI is InChI=1S/C25H35N5O3S/c1-4-33-23(32)20-12-16-28(17-13-20)22(31)19(3)34-25-27-26-24(29-14-6-5-7-15-29)30(25)21-10-8-18(2)9-11-21/h8-11,19-20H,4-7,12-17H2,1-3H3/t19-/m0/s1. The van der Waals surface area contributed by atoms with E-state index in [0.29, 0.717) is 32.5 Å². The Hall–Kier alpha value is -2.55.